The average Bonchev–Trinajstić information content (AvgIpc) is 3.05. The van der Waals surface area contributed by atoms with E-state index in [1.807, 2.05) is 6.92 Å². The van der Waals surface area contributed by atoms with Crippen LogP contribution in [0.25, 0.3) is 0 Å². The Kier molecular flexibility index (Phi) is 6.28. The first-order valence-corrected chi connectivity index (χ1v) is 12.6. The zero-order chi connectivity index (χ0) is 22.4. The number of nitrogens with one attached hydrogen (secondary N) is 1. The van der Waals surface area contributed by atoms with E-state index in [0.29, 0.717) is 24.4 Å². The van der Waals surface area contributed by atoms with Gasteiger partial charge in [0, 0.05) is 11.6 Å². The Labute approximate surface area is 188 Å². The van der Waals surface area contributed by atoms with Crippen LogP contribution in [0, 0.1) is 40.4 Å². The van der Waals surface area contributed by atoms with E-state index in [1.165, 1.54) is 31.3 Å². The van der Waals surface area contributed by atoms with E-state index in [1.54, 1.807) is 0 Å². The summed E-state index contributed by atoms with van der Waals surface area (Å²) in [6, 6.07) is 0. The van der Waals surface area contributed by atoms with Crippen molar-refractivity contribution in [3.05, 3.63) is 11.6 Å². The maximum absolute atomic E-state index is 11.8. The highest BCUT2D eigenvalue weighted by atomic mass is 16.5. The summed E-state index contributed by atoms with van der Waals surface area (Å²) in [7, 11) is 0. The van der Waals surface area contributed by atoms with Crippen LogP contribution < -0.4 is 5.43 Å². The fourth-order valence-electron chi connectivity index (χ4n) is 8.41. The van der Waals surface area contributed by atoms with Crippen LogP contribution in [-0.4, -0.2) is 29.6 Å². The maximum Gasteiger partial charge on any atom is 0.427 e. The van der Waals surface area contributed by atoms with Crippen LogP contribution >= 0.6 is 0 Å². The van der Waals surface area contributed by atoms with Crippen LogP contribution in [0.15, 0.2) is 16.8 Å². The molecule has 0 spiro atoms. The van der Waals surface area contributed by atoms with Crippen molar-refractivity contribution in [3.63, 3.8) is 0 Å². The highest BCUT2D eigenvalue weighted by molar-refractivity contribution is 5.86. The molecule has 4 rings (SSSR count). The van der Waals surface area contributed by atoms with Crippen LogP contribution in [0.3, 0.4) is 0 Å². The van der Waals surface area contributed by atoms with E-state index in [2.05, 4.69) is 44.3 Å². The van der Waals surface area contributed by atoms with Crippen LogP contribution in [0.1, 0.15) is 86.0 Å². The fraction of sp³-hybridized carbons (Fsp3) is 0.846. The summed E-state index contributed by atoms with van der Waals surface area (Å²) in [5.74, 6) is 3.21. The molecule has 0 saturated heterocycles. The van der Waals surface area contributed by atoms with Crippen molar-refractivity contribution in [3.8, 4) is 0 Å². The third kappa shape index (κ3) is 3.75. The third-order valence-electron chi connectivity index (χ3n) is 9.83. The Bertz CT molecular complexity index is 762. The van der Waals surface area contributed by atoms with Crippen molar-refractivity contribution in [2.24, 2.45) is 45.5 Å². The minimum Gasteiger partial charge on any atom is -0.449 e. The van der Waals surface area contributed by atoms with Gasteiger partial charge in [0.05, 0.1) is 12.7 Å². The molecule has 5 nitrogen and oxygen atoms in total. The number of amides is 1. The molecule has 0 radical (unpaired) electrons. The van der Waals surface area contributed by atoms with E-state index in [-0.39, 0.29) is 16.9 Å². The van der Waals surface area contributed by atoms with Crippen molar-refractivity contribution >= 4 is 11.8 Å². The summed E-state index contributed by atoms with van der Waals surface area (Å²) < 4.78 is 5.00. The number of allylic oxidation sites excluding steroid dienone is 1. The number of carbonyl (C=O) groups excluding carboxylic acids is 1. The summed E-state index contributed by atoms with van der Waals surface area (Å²) in [5, 5.41) is 14.7. The van der Waals surface area contributed by atoms with Crippen LogP contribution in [-0.2, 0) is 4.74 Å². The molecule has 3 fully saturated rings. The van der Waals surface area contributed by atoms with Crippen LogP contribution in [0.4, 0.5) is 4.79 Å². The van der Waals surface area contributed by atoms with Gasteiger partial charge in [-0.1, -0.05) is 38.8 Å². The van der Waals surface area contributed by atoms with E-state index in [0.717, 1.165) is 43.2 Å². The lowest BCUT2D eigenvalue weighted by Crippen LogP contribution is -2.51. The Hall–Kier alpha value is -1.36. The molecule has 3 saturated carbocycles. The van der Waals surface area contributed by atoms with Gasteiger partial charge < -0.3 is 9.84 Å². The molecule has 0 aromatic rings. The molecule has 0 unspecified atom stereocenters. The summed E-state index contributed by atoms with van der Waals surface area (Å²) in [6.45, 7) is 11.6. The minimum atomic E-state index is -0.462. The number of hydrazone groups is 1. The molecule has 1 amide bonds. The summed E-state index contributed by atoms with van der Waals surface area (Å²) in [4.78, 5) is 11.8. The Morgan fingerprint density at radius 1 is 1.26 bits per heavy atom. The van der Waals surface area contributed by atoms with Gasteiger partial charge in [-0.05, 0) is 93.3 Å². The number of rotatable bonds is 4. The average molecular weight is 431 g/mol. The molecule has 0 aliphatic heterocycles. The number of hydrogen-bond acceptors (Lipinski definition) is 4. The molecule has 8 atom stereocenters. The highest BCUT2D eigenvalue weighted by Crippen LogP contribution is 2.67. The maximum atomic E-state index is 11.8. The summed E-state index contributed by atoms with van der Waals surface area (Å²) >= 11 is 0. The predicted octanol–water partition coefficient (Wildman–Crippen LogP) is 5.68. The van der Waals surface area contributed by atoms with Gasteiger partial charge in [0.2, 0.25) is 0 Å². The van der Waals surface area contributed by atoms with Gasteiger partial charge in [-0.2, -0.15) is 5.10 Å². The first-order chi connectivity index (χ1) is 14.7. The number of ether oxygens (including phenoxy) is 1. The molecule has 31 heavy (non-hydrogen) atoms. The molecule has 174 valence electrons. The van der Waals surface area contributed by atoms with E-state index in [9.17, 15) is 9.90 Å². The van der Waals surface area contributed by atoms with Gasteiger partial charge in [0.1, 0.15) is 0 Å². The van der Waals surface area contributed by atoms with Crippen molar-refractivity contribution in [2.75, 3.05) is 6.61 Å². The van der Waals surface area contributed by atoms with Crippen molar-refractivity contribution < 1.29 is 14.6 Å². The van der Waals surface area contributed by atoms with Crippen molar-refractivity contribution in [1.82, 2.24) is 5.43 Å². The highest BCUT2D eigenvalue weighted by Gasteiger charge is 2.61. The zero-order valence-electron chi connectivity index (χ0n) is 20.1. The van der Waals surface area contributed by atoms with Gasteiger partial charge in [-0.3, -0.25) is 0 Å². The molecule has 4 aliphatic rings. The first-order valence-electron chi connectivity index (χ1n) is 12.6. The van der Waals surface area contributed by atoms with Crippen molar-refractivity contribution in [1.29, 1.82) is 0 Å². The van der Waals surface area contributed by atoms with Gasteiger partial charge in [-0.15, -0.1) is 0 Å². The standard InChI is InChI=1S/C26H42N2O3/c1-6-17-14-22-20-9-8-18-15-19(29)10-12-25(18,4)21(20)11-13-26(22,5)23(17)16(3)27-28-24(30)31-7-2/h8,17,19-23,29H,6-7,9-15H2,1-5H3,(H,28,30)/b27-16+/t17-,19+,20-,21+,22+,23+,25+,26+/m1/s1. The lowest BCUT2D eigenvalue weighted by atomic mass is 9.47. The smallest absolute Gasteiger partial charge is 0.427 e. The van der Waals surface area contributed by atoms with E-state index in [4.69, 9.17) is 4.74 Å². The SMILES string of the molecule is CCOC(=O)N/N=C(\C)[C@H]1[C@H](CC)C[C@H]2[C@@H]3CC=C4C[C@@H](O)CC[C@]4(C)[C@H]3CC[C@@]21C. The summed E-state index contributed by atoms with van der Waals surface area (Å²) in [6.07, 6.45) is 11.0. The molecule has 0 heterocycles. The van der Waals surface area contributed by atoms with Gasteiger partial charge in [-0.25, -0.2) is 10.2 Å². The molecular weight excluding hydrogens is 388 g/mol. The van der Waals surface area contributed by atoms with Gasteiger partial charge >= 0.3 is 6.09 Å². The van der Waals surface area contributed by atoms with Crippen LogP contribution in [0.5, 0.6) is 0 Å². The molecule has 2 N–H and O–H groups in total. The van der Waals surface area contributed by atoms with Gasteiger partial charge in [0.15, 0.2) is 0 Å². The molecule has 4 aliphatic carbocycles. The number of fused-ring (bicyclic) bond motifs is 5. The normalized spacial score (nSPS) is 44.6. The molecule has 0 aromatic heterocycles. The second-order valence-electron chi connectivity index (χ2n) is 11.2. The number of nitrogens with zero attached hydrogens (tertiary/aromatic N) is 1. The number of carbonyl (C=O) groups is 1. The molecule has 0 bridgehead atoms. The Morgan fingerprint density at radius 2 is 2.03 bits per heavy atom. The second-order valence-corrected chi connectivity index (χ2v) is 11.2. The Balaban J connectivity index is 1.60. The lowest BCUT2D eigenvalue weighted by molar-refractivity contribution is -0.0425. The Morgan fingerprint density at radius 3 is 2.74 bits per heavy atom. The largest absolute Gasteiger partial charge is 0.449 e. The monoisotopic (exact) mass is 430 g/mol. The zero-order valence-corrected chi connectivity index (χ0v) is 20.1. The van der Waals surface area contributed by atoms with E-state index >= 15 is 0 Å². The van der Waals surface area contributed by atoms with Crippen LogP contribution in [0.2, 0.25) is 0 Å². The molecule has 0 aromatic carbocycles. The predicted molar refractivity (Wildman–Crippen MR) is 124 cm³/mol. The lowest BCUT2D eigenvalue weighted by Gasteiger charge is -2.58. The number of aliphatic hydroxyl groups excluding tert-OH is 1. The third-order valence-corrected chi connectivity index (χ3v) is 9.83. The van der Waals surface area contributed by atoms with Crippen molar-refractivity contribution in [2.45, 2.75) is 92.1 Å². The van der Waals surface area contributed by atoms with E-state index < -0.39 is 6.09 Å². The topological polar surface area (TPSA) is 70.9 Å². The quantitative estimate of drug-likeness (QED) is 0.342. The summed E-state index contributed by atoms with van der Waals surface area (Å²) in [5.41, 5.74) is 5.72. The molecule has 5 heteroatoms. The number of hydrogen-bond donors (Lipinski definition) is 2. The first kappa shape index (κ1) is 22.8. The minimum absolute atomic E-state index is 0.143. The fourth-order valence-corrected chi connectivity index (χ4v) is 8.41. The van der Waals surface area contributed by atoms with Gasteiger partial charge in [0.25, 0.3) is 0 Å². The molecular formula is C26H42N2O3. The second kappa shape index (κ2) is 8.53. The number of aliphatic hydroxyl groups is 1.